The van der Waals surface area contributed by atoms with Crippen molar-refractivity contribution in [3.8, 4) is 0 Å². The molecule has 10 aromatic rings. The van der Waals surface area contributed by atoms with Gasteiger partial charge in [0.2, 0.25) is 0 Å². The van der Waals surface area contributed by atoms with Gasteiger partial charge in [-0.3, -0.25) is 0 Å². The van der Waals surface area contributed by atoms with Crippen molar-refractivity contribution in [1.82, 2.24) is 0 Å². The maximum atomic E-state index is 6.22. The molecule has 0 aliphatic rings. The summed E-state index contributed by atoms with van der Waals surface area (Å²) >= 11 is 1.88. The van der Waals surface area contributed by atoms with E-state index in [0.29, 0.717) is 5.92 Å². The average Bonchev–Trinajstić information content (AvgIpc) is 3.69. The molecule has 2 heterocycles. The second-order valence-corrected chi connectivity index (χ2v) is 14.2. The van der Waals surface area contributed by atoms with E-state index in [1.54, 1.807) is 0 Å². The molecule has 228 valence electrons. The highest BCUT2D eigenvalue weighted by Crippen LogP contribution is 2.45. The zero-order valence-electron chi connectivity index (χ0n) is 26.7. The summed E-state index contributed by atoms with van der Waals surface area (Å²) < 4.78 is 8.88. The molecular weight excluding hydrogens is 603 g/mol. The molecule has 0 N–H and O–H groups in total. The van der Waals surface area contributed by atoms with Gasteiger partial charge in [0.1, 0.15) is 11.2 Å². The highest BCUT2D eigenvalue weighted by molar-refractivity contribution is 7.25. The monoisotopic (exact) mass is 633 g/mol. The molecule has 0 saturated heterocycles. The third-order valence-electron chi connectivity index (χ3n) is 10.0. The molecule has 48 heavy (non-hydrogen) atoms. The molecular formula is C45H31NOS. The summed E-state index contributed by atoms with van der Waals surface area (Å²) in [5.74, 6) is 0.467. The van der Waals surface area contributed by atoms with Gasteiger partial charge in [-0.1, -0.05) is 92.7 Å². The molecule has 0 saturated carbocycles. The van der Waals surface area contributed by atoms with Crippen molar-refractivity contribution in [2.24, 2.45) is 0 Å². The first kappa shape index (κ1) is 27.5. The van der Waals surface area contributed by atoms with Crippen molar-refractivity contribution in [2.75, 3.05) is 4.90 Å². The predicted octanol–water partition coefficient (Wildman–Crippen LogP) is 14.0. The van der Waals surface area contributed by atoms with Gasteiger partial charge in [-0.2, -0.15) is 0 Å². The molecule has 2 aromatic heterocycles. The number of nitrogens with zero attached hydrogens (tertiary/aromatic N) is 1. The van der Waals surface area contributed by atoms with Crippen LogP contribution >= 0.6 is 11.3 Å². The number of hydrogen-bond donors (Lipinski definition) is 0. The molecule has 0 amide bonds. The van der Waals surface area contributed by atoms with E-state index in [-0.39, 0.29) is 0 Å². The lowest BCUT2D eigenvalue weighted by atomic mass is 9.93. The van der Waals surface area contributed by atoms with E-state index in [0.717, 1.165) is 39.0 Å². The molecule has 0 bridgehead atoms. The number of furan rings is 1. The number of rotatable bonds is 4. The molecule has 0 fully saturated rings. The molecule has 3 heteroatoms. The number of hydrogen-bond acceptors (Lipinski definition) is 3. The fraction of sp³-hybridized carbons (Fsp3) is 0.0667. The van der Waals surface area contributed by atoms with E-state index >= 15 is 0 Å². The van der Waals surface area contributed by atoms with E-state index in [1.807, 2.05) is 23.5 Å². The van der Waals surface area contributed by atoms with E-state index < -0.39 is 0 Å². The summed E-state index contributed by atoms with van der Waals surface area (Å²) in [7, 11) is 0. The third-order valence-corrected chi connectivity index (χ3v) is 11.1. The molecule has 2 nitrogen and oxygen atoms in total. The Hall–Kier alpha value is -5.64. The Morgan fingerprint density at radius 1 is 0.417 bits per heavy atom. The van der Waals surface area contributed by atoms with E-state index in [4.69, 9.17) is 4.42 Å². The Kier molecular flexibility index (Phi) is 5.97. The smallest absolute Gasteiger partial charge is 0.135 e. The summed E-state index contributed by atoms with van der Waals surface area (Å²) in [6.45, 7) is 4.49. The van der Waals surface area contributed by atoms with Crippen molar-refractivity contribution < 1.29 is 4.42 Å². The Labute approximate surface area is 282 Å². The van der Waals surface area contributed by atoms with Crippen molar-refractivity contribution >= 4 is 103 Å². The molecule has 0 unspecified atom stereocenters. The summed E-state index contributed by atoms with van der Waals surface area (Å²) in [5, 5.41) is 12.6. The van der Waals surface area contributed by atoms with Gasteiger partial charge in [0, 0.05) is 48.0 Å². The van der Waals surface area contributed by atoms with Crippen molar-refractivity contribution in [3.63, 3.8) is 0 Å². The number of thiophene rings is 1. The van der Waals surface area contributed by atoms with Crippen LogP contribution in [0.25, 0.3) is 74.4 Å². The maximum absolute atomic E-state index is 6.22. The van der Waals surface area contributed by atoms with Gasteiger partial charge in [-0.15, -0.1) is 11.3 Å². The highest BCUT2D eigenvalue weighted by atomic mass is 32.1. The third kappa shape index (κ3) is 4.11. The molecule has 10 rings (SSSR count). The van der Waals surface area contributed by atoms with Crippen LogP contribution in [0.4, 0.5) is 17.1 Å². The normalized spacial score (nSPS) is 12.1. The number of benzene rings is 8. The van der Waals surface area contributed by atoms with Crippen LogP contribution in [-0.2, 0) is 0 Å². The van der Waals surface area contributed by atoms with Gasteiger partial charge < -0.3 is 9.32 Å². The Morgan fingerprint density at radius 2 is 0.979 bits per heavy atom. The summed E-state index contributed by atoms with van der Waals surface area (Å²) in [6.07, 6.45) is 0. The van der Waals surface area contributed by atoms with Crippen LogP contribution < -0.4 is 4.90 Å². The standard InChI is InChI=1S/C45H31NOS/c1-27(2)28-15-17-29(18-16-28)46(31-20-22-43-40(24-31)35-11-5-7-13-42(35)47-43)30-19-21-34-37(23-30)32-9-3-4-10-33(32)38-25-41-36-12-6-8-14-44(36)48-45(41)26-39(34)38/h3-27H,1-2H3. The van der Waals surface area contributed by atoms with Crippen LogP contribution in [0.3, 0.4) is 0 Å². The van der Waals surface area contributed by atoms with Gasteiger partial charge in [0.05, 0.1) is 0 Å². The first-order valence-electron chi connectivity index (χ1n) is 16.6. The van der Waals surface area contributed by atoms with Crippen LogP contribution in [0.1, 0.15) is 25.3 Å². The fourth-order valence-corrected chi connectivity index (χ4v) is 8.73. The van der Waals surface area contributed by atoms with E-state index in [1.165, 1.54) is 58.1 Å². The number of fused-ring (bicyclic) bond motifs is 12. The predicted molar refractivity (Wildman–Crippen MR) is 208 cm³/mol. The lowest BCUT2D eigenvalue weighted by Gasteiger charge is -2.26. The van der Waals surface area contributed by atoms with Crippen LogP contribution in [0.5, 0.6) is 0 Å². The quantitative estimate of drug-likeness (QED) is 0.179. The summed E-state index contributed by atoms with van der Waals surface area (Å²) in [6, 6.07) is 53.4. The fourth-order valence-electron chi connectivity index (χ4n) is 7.61. The largest absolute Gasteiger partial charge is 0.456 e. The number of para-hydroxylation sites is 1. The van der Waals surface area contributed by atoms with Crippen LogP contribution in [0, 0.1) is 0 Å². The Morgan fingerprint density at radius 3 is 1.75 bits per heavy atom. The zero-order chi connectivity index (χ0) is 31.9. The van der Waals surface area contributed by atoms with E-state index in [9.17, 15) is 0 Å². The lowest BCUT2D eigenvalue weighted by molar-refractivity contribution is 0.669. The molecule has 0 aliphatic carbocycles. The van der Waals surface area contributed by atoms with E-state index in [2.05, 4.69) is 152 Å². The van der Waals surface area contributed by atoms with Gasteiger partial charge >= 0.3 is 0 Å². The molecule has 0 radical (unpaired) electrons. The van der Waals surface area contributed by atoms with Crippen LogP contribution in [0.15, 0.2) is 150 Å². The topological polar surface area (TPSA) is 16.4 Å². The highest BCUT2D eigenvalue weighted by Gasteiger charge is 2.19. The first-order valence-corrected chi connectivity index (χ1v) is 17.4. The minimum absolute atomic E-state index is 0.467. The first-order chi connectivity index (χ1) is 23.6. The SMILES string of the molecule is CC(C)c1ccc(N(c2ccc3oc4ccccc4c3c2)c2ccc3c(c2)c2ccccc2c2cc4c(cc32)sc2ccccc24)cc1. The summed E-state index contributed by atoms with van der Waals surface area (Å²) in [5.41, 5.74) is 6.50. The van der Waals surface area contributed by atoms with Crippen molar-refractivity contribution in [3.05, 3.63) is 151 Å². The second kappa shape index (κ2) is 10.4. The lowest BCUT2D eigenvalue weighted by Crippen LogP contribution is -2.10. The Bertz CT molecular complexity index is 2870. The van der Waals surface area contributed by atoms with Crippen molar-refractivity contribution in [2.45, 2.75) is 19.8 Å². The summed E-state index contributed by atoms with van der Waals surface area (Å²) in [4.78, 5) is 2.39. The van der Waals surface area contributed by atoms with Gasteiger partial charge in [0.25, 0.3) is 0 Å². The van der Waals surface area contributed by atoms with Crippen LogP contribution in [0.2, 0.25) is 0 Å². The molecule has 0 spiro atoms. The average molecular weight is 634 g/mol. The molecule has 0 atom stereocenters. The zero-order valence-corrected chi connectivity index (χ0v) is 27.5. The number of anilines is 3. The molecule has 8 aromatic carbocycles. The minimum atomic E-state index is 0.467. The van der Waals surface area contributed by atoms with Gasteiger partial charge in [-0.25, -0.2) is 0 Å². The Balaban J connectivity index is 1.24. The minimum Gasteiger partial charge on any atom is -0.456 e. The van der Waals surface area contributed by atoms with Gasteiger partial charge in [-0.05, 0) is 111 Å². The maximum Gasteiger partial charge on any atom is 0.135 e. The van der Waals surface area contributed by atoms with Gasteiger partial charge in [0.15, 0.2) is 0 Å². The molecule has 0 aliphatic heterocycles. The van der Waals surface area contributed by atoms with Crippen LogP contribution in [-0.4, -0.2) is 0 Å². The second-order valence-electron chi connectivity index (χ2n) is 13.1. The van der Waals surface area contributed by atoms with Crippen molar-refractivity contribution in [1.29, 1.82) is 0 Å².